The largest absolute Gasteiger partial charge is 0.312 e. The second kappa shape index (κ2) is 8.83. The van der Waals surface area contributed by atoms with Crippen LogP contribution in [0.5, 0.6) is 0 Å². The fourth-order valence-corrected chi connectivity index (χ4v) is 4.61. The number of aryl methyl sites for hydroxylation is 2. The molecule has 2 heterocycles. The summed E-state index contributed by atoms with van der Waals surface area (Å²) in [6, 6.07) is 11.9. The molecule has 1 aliphatic heterocycles. The van der Waals surface area contributed by atoms with Crippen LogP contribution < -0.4 is 10.2 Å². The van der Waals surface area contributed by atoms with Gasteiger partial charge in [-0.1, -0.05) is 29.5 Å². The molecule has 1 aliphatic rings. The van der Waals surface area contributed by atoms with Crippen LogP contribution in [0.25, 0.3) is 0 Å². The predicted octanol–water partition coefficient (Wildman–Crippen LogP) is 3.76. The number of aromatic nitrogens is 2. The Labute approximate surface area is 188 Å². The Kier molecular flexibility index (Phi) is 5.95. The standard InChI is InChI=1S/C22H21N5O4S/c1-13-7-14(2)9-18(8-13)26-12-16(11-20(26)29)21-24-25-22(32-21)23-19(28)10-15-3-5-17(6-4-15)27(30)31/h3-9,16H,10-12H2,1-2H3,(H,23,25,28). The minimum atomic E-state index is -0.484. The Morgan fingerprint density at radius 1 is 1.19 bits per heavy atom. The van der Waals surface area contributed by atoms with Crippen LogP contribution in [0.3, 0.4) is 0 Å². The van der Waals surface area contributed by atoms with E-state index in [0.717, 1.165) is 16.8 Å². The van der Waals surface area contributed by atoms with Crippen molar-refractivity contribution in [2.45, 2.75) is 32.6 Å². The van der Waals surface area contributed by atoms with Gasteiger partial charge in [0, 0.05) is 36.7 Å². The van der Waals surface area contributed by atoms with Crippen LogP contribution in [0, 0.1) is 24.0 Å². The van der Waals surface area contributed by atoms with Crippen LogP contribution in [0.4, 0.5) is 16.5 Å². The smallest absolute Gasteiger partial charge is 0.269 e. The monoisotopic (exact) mass is 451 g/mol. The average Bonchev–Trinajstić information content (AvgIpc) is 3.34. The van der Waals surface area contributed by atoms with E-state index in [1.807, 2.05) is 26.0 Å². The molecule has 1 saturated heterocycles. The Bertz CT molecular complexity index is 1170. The molecule has 2 aromatic carbocycles. The molecular weight excluding hydrogens is 430 g/mol. The van der Waals surface area contributed by atoms with Gasteiger partial charge in [-0.2, -0.15) is 0 Å². The number of nitrogens with zero attached hydrogens (tertiary/aromatic N) is 4. The number of amides is 2. The quantitative estimate of drug-likeness (QED) is 0.450. The molecule has 1 atom stereocenters. The summed E-state index contributed by atoms with van der Waals surface area (Å²) in [5.74, 6) is -0.332. The van der Waals surface area contributed by atoms with Crippen molar-refractivity contribution >= 4 is 39.7 Å². The normalized spacial score (nSPS) is 15.8. The second-order valence-corrected chi connectivity index (χ2v) is 8.85. The molecule has 0 saturated carbocycles. The van der Waals surface area contributed by atoms with Crippen LogP contribution in [-0.4, -0.2) is 33.5 Å². The molecule has 1 unspecified atom stereocenters. The Morgan fingerprint density at radius 3 is 2.53 bits per heavy atom. The van der Waals surface area contributed by atoms with Crippen molar-refractivity contribution in [3.63, 3.8) is 0 Å². The van der Waals surface area contributed by atoms with Crippen LogP contribution in [0.1, 0.15) is 34.0 Å². The zero-order chi connectivity index (χ0) is 22.8. The van der Waals surface area contributed by atoms with Gasteiger partial charge >= 0.3 is 0 Å². The highest BCUT2D eigenvalue weighted by Gasteiger charge is 2.34. The lowest BCUT2D eigenvalue weighted by atomic mass is 10.1. The fourth-order valence-electron chi connectivity index (χ4n) is 3.76. The van der Waals surface area contributed by atoms with E-state index in [4.69, 9.17) is 0 Å². The van der Waals surface area contributed by atoms with E-state index in [9.17, 15) is 19.7 Å². The molecule has 0 spiro atoms. The Hall–Kier alpha value is -3.66. The first kappa shape index (κ1) is 21.6. The summed E-state index contributed by atoms with van der Waals surface area (Å²) in [5, 5.41) is 22.7. The SMILES string of the molecule is Cc1cc(C)cc(N2CC(c3nnc(NC(=O)Cc4ccc([N+](=O)[O-])cc4)s3)CC2=O)c1. The van der Waals surface area contributed by atoms with Crippen molar-refractivity contribution < 1.29 is 14.5 Å². The Balaban J connectivity index is 1.38. The number of non-ortho nitro benzene ring substituents is 1. The first-order chi connectivity index (χ1) is 15.3. The molecular formula is C22H21N5O4S. The molecule has 164 valence electrons. The summed E-state index contributed by atoms with van der Waals surface area (Å²) in [5.41, 5.74) is 3.72. The van der Waals surface area contributed by atoms with Crippen LogP contribution in [0.15, 0.2) is 42.5 Å². The third-order valence-corrected chi connectivity index (χ3v) is 6.19. The van der Waals surface area contributed by atoms with Gasteiger partial charge in [0.1, 0.15) is 5.01 Å². The summed E-state index contributed by atoms with van der Waals surface area (Å²) < 4.78 is 0. The molecule has 0 bridgehead atoms. The fraction of sp³-hybridized carbons (Fsp3) is 0.273. The van der Waals surface area contributed by atoms with E-state index in [1.165, 1.54) is 23.5 Å². The zero-order valence-corrected chi connectivity index (χ0v) is 18.4. The van der Waals surface area contributed by atoms with E-state index in [2.05, 4.69) is 21.6 Å². The minimum absolute atomic E-state index is 0.0242. The summed E-state index contributed by atoms with van der Waals surface area (Å²) in [6.07, 6.45) is 0.410. The Morgan fingerprint density at radius 2 is 1.88 bits per heavy atom. The number of rotatable bonds is 6. The van der Waals surface area contributed by atoms with Gasteiger partial charge in [0.15, 0.2) is 0 Å². The van der Waals surface area contributed by atoms with E-state index < -0.39 is 4.92 Å². The van der Waals surface area contributed by atoms with Crippen molar-refractivity contribution in [2.75, 3.05) is 16.8 Å². The summed E-state index contributed by atoms with van der Waals surface area (Å²) in [7, 11) is 0. The van der Waals surface area contributed by atoms with Crippen molar-refractivity contribution in [3.05, 3.63) is 74.3 Å². The van der Waals surface area contributed by atoms with Gasteiger partial charge in [-0.3, -0.25) is 19.7 Å². The van der Waals surface area contributed by atoms with E-state index in [-0.39, 0.29) is 29.8 Å². The molecule has 0 radical (unpaired) electrons. The zero-order valence-electron chi connectivity index (χ0n) is 17.6. The van der Waals surface area contributed by atoms with Crippen molar-refractivity contribution in [1.29, 1.82) is 0 Å². The average molecular weight is 452 g/mol. The molecule has 1 N–H and O–H groups in total. The molecule has 9 nitrogen and oxygen atoms in total. The molecule has 3 aromatic rings. The first-order valence-corrected chi connectivity index (χ1v) is 10.9. The van der Waals surface area contributed by atoms with Crippen LogP contribution in [0.2, 0.25) is 0 Å². The topological polar surface area (TPSA) is 118 Å². The van der Waals surface area contributed by atoms with Gasteiger partial charge in [-0.15, -0.1) is 10.2 Å². The van der Waals surface area contributed by atoms with E-state index in [0.29, 0.717) is 28.7 Å². The molecule has 1 aromatic heterocycles. The maximum atomic E-state index is 12.6. The lowest BCUT2D eigenvalue weighted by Gasteiger charge is -2.17. The van der Waals surface area contributed by atoms with E-state index >= 15 is 0 Å². The summed E-state index contributed by atoms with van der Waals surface area (Å²) in [6.45, 7) is 4.53. The number of hydrogen-bond donors (Lipinski definition) is 1. The molecule has 32 heavy (non-hydrogen) atoms. The number of carbonyl (C=O) groups excluding carboxylic acids is 2. The van der Waals surface area contributed by atoms with Crippen LogP contribution >= 0.6 is 11.3 Å². The third-order valence-electron chi connectivity index (χ3n) is 5.19. The molecule has 1 fully saturated rings. The van der Waals surface area contributed by atoms with E-state index in [1.54, 1.807) is 17.0 Å². The van der Waals surface area contributed by atoms with Gasteiger partial charge in [0.05, 0.1) is 11.3 Å². The highest BCUT2D eigenvalue weighted by atomic mass is 32.1. The number of carbonyl (C=O) groups is 2. The van der Waals surface area contributed by atoms with Gasteiger partial charge < -0.3 is 10.2 Å². The predicted molar refractivity (Wildman–Crippen MR) is 121 cm³/mol. The number of hydrogen-bond acceptors (Lipinski definition) is 7. The van der Waals surface area contributed by atoms with Crippen LogP contribution in [-0.2, 0) is 16.0 Å². The number of anilines is 2. The molecule has 4 rings (SSSR count). The molecule has 0 aliphatic carbocycles. The van der Waals surface area contributed by atoms with Crippen molar-refractivity contribution in [1.82, 2.24) is 10.2 Å². The summed E-state index contributed by atoms with van der Waals surface area (Å²) >= 11 is 1.26. The number of nitro benzene ring substituents is 1. The second-order valence-electron chi connectivity index (χ2n) is 7.85. The number of nitro groups is 1. The third kappa shape index (κ3) is 4.80. The highest BCUT2D eigenvalue weighted by molar-refractivity contribution is 7.15. The molecule has 10 heteroatoms. The van der Waals surface area contributed by atoms with Crippen molar-refractivity contribution in [3.8, 4) is 0 Å². The number of benzene rings is 2. The van der Waals surface area contributed by atoms with Crippen molar-refractivity contribution in [2.24, 2.45) is 0 Å². The minimum Gasteiger partial charge on any atom is -0.312 e. The number of nitrogens with one attached hydrogen (secondary N) is 1. The first-order valence-electron chi connectivity index (χ1n) is 10.0. The lowest BCUT2D eigenvalue weighted by molar-refractivity contribution is -0.384. The maximum absolute atomic E-state index is 12.6. The van der Waals surface area contributed by atoms with Gasteiger partial charge in [0.2, 0.25) is 16.9 Å². The summed E-state index contributed by atoms with van der Waals surface area (Å²) in [4.78, 5) is 36.9. The van der Waals surface area contributed by atoms with Gasteiger partial charge in [-0.25, -0.2) is 0 Å². The lowest BCUT2D eigenvalue weighted by Crippen LogP contribution is -2.24. The highest BCUT2D eigenvalue weighted by Crippen LogP contribution is 2.34. The van der Waals surface area contributed by atoms with Gasteiger partial charge in [-0.05, 0) is 42.7 Å². The van der Waals surface area contributed by atoms with Gasteiger partial charge in [0.25, 0.3) is 5.69 Å². The molecule has 2 amide bonds. The maximum Gasteiger partial charge on any atom is 0.269 e.